The number of amides is 1. The number of carbonyl (C=O) groups excluding carboxylic acids is 1. The van der Waals surface area contributed by atoms with Gasteiger partial charge in [0.1, 0.15) is 0 Å². The van der Waals surface area contributed by atoms with Gasteiger partial charge in [0.2, 0.25) is 5.75 Å². The summed E-state index contributed by atoms with van der Waals surface area (Å²) in [7, 11) is 0. The molecule has 0 saturated carbocycles. The molecule has 0 radical (unpaired) electrons. The van der Waals surface area contributed by atoms with Crippen LogP contribution in [0.2, 0.25) is 0 Å². The number of benzene rings is 1. The number of rotatable bonds is 10. The quantitative estimate of drug-likeness (QED) is 0.677. The van der Waals surface area contributed by atoms with Crippen molar-refractivity contribution < 1.29 is 19.0 Å². The fourth-order valence-electron chi connectivity index (χ4n) is 3.38. The Hall–Kier alpha value is -1.95. The molecule has 0 bridgehead atoms. The summed E-state index contributed by atoms with van der Waals surface area (Å²) in [6.45, 7) is 13.0. The molecular weight excluding hydrogens is 344 g/mol. The second kappa shape index (κ2) is 11.0. The van der Waals surface area contributed by atoms with Gasteiger partial charge in [0.15, 0.2) is 11.5 Å². The van der Waals surface area contributed by atoms with Crippen LogP contribution in [0, 0.1) is 5.92 Å². The molecule has 152 valence electrons. The van der Waals surface area contributed by atoms with E-state index in [4.69, 9.17) is 14.2 Å². The molecule has 2 rings (SSSR count). The Morgan fingerprint density at radius 1 is 1.00 bits per heavy atom. The average Bonchev–Trinajstić information content (AvgIpc) is 2.69. The van der Waals surface area contributed by atoms with Crippen LogP contribution in [0.15, 0.2) is 12.1 Å². The molecule has 1 saturated heterocycles. The van der Waals surface area contributed by atoms with E-state index in [1.165, 1.54) is 0 Å². The van der Waals surface area contributed by atoms with E-state index in [9.17, 15) is 4.79 Å². The van der Waals surface area contributed by atoms with Gasteiger partial charge in [0, 0.05) is 18.7 Å². The van der Waals surface area contributed by atoms with Gasteiger partial charge in [-0.3, -0.25) is 4.79 Å². The van der Waals surface area contributed by atoms with Crippen LogP contribution in [-0.2, 0) is 0 Å². The third kappa shape index (κ3) is 5.76. The average molecular weight is 379 g/mol. The molecule has 1 fully saturated rings. The highest BCUT2D eigenvalue weighted by Crippen LogP contribution is 2.39. The van der Waals surface area contributed by atoms with Crippen LogP contribution in [-0.4, -0.2) is 56.8 Å². The summed E-state index contributed by atoms with van der Waals surface area (Å²) in [5, 5.41) is 3.40. The minimum atomic E-state index is 0.0295. The predicted octanol–water partition coefficient (Wildman–Crippen LogP) is 3.34. The van der Waals surface area contributed by atoms with Gasteiger partial charge in [0.05, 0.1) is 19.8 Å². The predicted molar refractivity (Wildman–Crippen MR) is 107 cm³/mol. The number of nitrogens with zero attached hydrogens (tertiary/aromatic N) is 1. The van der Waals surface area contributed by atoms with Crippen molar-refractivity contribution in [2.45, 2.75) is 40.5 Å². The summed E-state index contributed by atoms with van der Waals surface area (Å²) in [6.07, 6.45) is 2.07. The highest BCUT2D eigenvalue weighted by molar-refractivity contribution is 5.95. The normalized spacial score (nSPS) is 14.9. The molecule has 6 nitrogen and oxygen atoms in total. The fraction of sp³-hybridized carbons (Fsp3) is 0.667. The number of ether oxygens (including phenoxy) is 3. The Morgan fingerprint density at radius 2 is 1.56 bits per heavy atom. The van der Waals surface area contributed by atoms with Gasteiger partial charge in [-0.25, -0.2) is 0 Å². The van der Waals surface area contributed by atoms with E-state index in [0.717, 1.165) is 39.0 Å². The van der Waals surface area contributed by atoms with Gasteiger partial charge >= 0.3 is 0 Å². The van der Waals surface area contributed by atoms with Crippen molar-refractivity contribution in [3.05, 3.63) is 17.7 Å². The number of piperidine rings is 1. The Morgan fingerprint density at radius 3 is 2.04 bits per heavy atom. The van der Waals surface area contributed by atoms with Crippen molar-refractivity contribution in [1.29, 1.82) is 0 Å². The van der Waals surface area contributed by atoms with Gasteiger partial charge in [-0.15, -0.1) is 0 Å². The Kier molecular flexibility index (Phi) is 8.72. The summed E-state index contributed by atoms with van der Waals surface area (Å²) >= 11 is 0. The highest BCUT2D eigenvalue weighted by Gasteiger charge is 2.25. The van der Waals surface area contributed by atoms with E-state index in [2.05, 4.69) is 12.2 Å². The number of hydrogen-bond donors (Lipinski definition) is 1. The minimum absolute atomic E-state index is 0.0295. The van der Waals surface area contributed by atoms with Gasteiger partial charge in [-0.1, -0.05) is 6.92 Å². The van der Waals surface area contributed by atoms with Crippen LogP contribution < -0.4 is 19.5 Å². The molecule has 1 amide bonds. The maximum Gasteiger partial charge on any atom is 0.254 e. The number of carbonyl (C=O) groups is 1. The third-order valence-electron chi connectivity index (χ3n) is 4.74. The standard InChI is InChI=1S/C21H34N2O4/c1-5-22-15-16-9-11-23(12-10-16)21(24)17-13-18(25-6-2)20(27-8-4)19(14-17)26-7-3/h13-14,16,22H,5-12,15H2,1-4H3. The highest BCUT2D eigenvalue weighted by atomic mass is 16.5. The largest absolute Gasteiger partial charge is 0.490 e. The first-order chi connectivity index (χ1) is 13.1. The SMILES string of the molecule is CCNCC1CCN(C(=O)c2cc(OCC)c(OCC)c(OCC)c2)CC1. The fourth-order valence-corrected chi connectivity index (χ4v) is 3.38. The van der Waals surface area contributed by atoms with Crippen molar-refractivity contribution in [3.8, 4) is 17.2 Å². The molecule has 1 N–H and O–H groups in total. The van der Waals surface area contributed by atoms with Gasteiger partial charge < -0.3 is 24.4 Å². The summed E-state index contributed by atoms with van der Waals surface area (Å²) < 4.78 is 17.2. The molecule has 1 aromatic carbocycles. The van der Waals surface area contributed by atoms with Crippen molar-refractivity contribution >= 4 is 5.91 Å². The Balaban J connectivity index is 2.17. The van der Waals surface area contributed by atoms with Crippen molar-refractivity contribution in [2.75, 3.05) is 46.0 Å². The first-order valence-corrected chi connectivity index (χ1v) is 10.2. The van der Waals surface area contributed by atoms with Crippen LogP contribution >= 0.6 is 0 Å². The molecule has 0 aromatic heterocycles. The Labute approximate surface area is 163 Å². The number of likely N-dealkylation sites (tertiary alicyclic amines) is 1. The lowest BCUT2D eigenvalue weighted by Gasteiger charge is -2.32. The molecule has 1 heterocycles. The first-order valence-electron chi connectivity index (χ1n) is 10.2. The molecule has 0 aliphatic carbocycles. The van der Waals surface area contributed by atoms with Gasteiger partial charge in [-0.05, 0) is 64.8 Å². The smallest absolute Gasteiger partial charge is 0.254 e. The van der Waals surface area contributed by atoms with E-state index in [1.807, 2.05) is 25.7 Å². The van der Waals surface area contributed by atoms with Crippen LogP contribution in [0.3, 0.4) is 0 Å². The lowest BCUT2D eigenvalue weighted by Crippen LogP contribution is -2.40. The summed E-state index contributed by atoms with van der Waals surface area (Å²) in [5.41, 5.74) is 0.593. The summed E-state index contributed by atoms with van der Waals surface area (Å²) in [6, 6.07) is 3.56. The van der Waals surface area contributed by atoms with E-state index in [-0.39, 0.29) is 5.91 Å². The lowest BCUT2D eigenvalue weighted by molar-refractivity contribution is 0.0689. The second-order valence-corrected chi connectivity index (χ2v) is 6.64. The zero-order chi connectivity index (χ0) is 19.6. The zero-order valence-electron chi connectivity index (χ0n) is 17.2. The van der Waals surface area contributed by atoms with Gasteiger partial charge in [-0.2, -0.15) is 0 Å². The lowest BCUT2D eigenvalue weighted by atomic mass is 9.96. The van der Waals surface area contributed by atoms with Gasteiger partial charge in [0.25, 0.3) is 5.91 Å². The number of hydrogen-bond acceptors (Lipinski definition) is 5. The number of nitrogens with one attached hydrogen (secondary N) is 1. The van der Waals surface area contributed by atoms with Crippen LogP contribution in [0.1, 0.15) is 50.9 Å². The minimum Gasteiger partial charge on any atom is -0.490 e. The molecule has 0 spiro atoms. The summed E-state index contributed by atoms with van der Waals surface area (Å²) in [5.74, 6) is 2.38. The molecule has 0 atom stereocenters. The van der Waals surface area contributed by atoms with E-state index in [0.29, 0.717) is 48.6 Å². The molecule has 1 aliphatic rings. The third-order valence-corrected chi connectivity index (χ3v) is 4.74. The van der Waals surface area contributed by atoms with Crippen LogP contribution in [0.5, 0.6) is 17.2 Å². The topological polar surface area (TPSA) is 60.0 Å². The summed E-state index contributed by atoms with van der Waals surface area (Å²) in [4.78, 5) is 15.0. The zero-order valence-corrected chi connectivity index (χ0v) is 17.2. The van der Waals surface area contributed by atoms with Crippen molar-refractivity contribution in [1.82, 2.24) is 10.2 Å². The Bertz CT molecular complexity index is 571. The molecule has 1 aliphatic heterocycles. The molecule has 0 unspecified atom stereocenters. The van der Waals surface area contributed by atoms with Crippen LogP contribution in [0.4, 0.5) is 0 Å². The van der Waals surface area contributed by atoms with E-state index in [1.54, 1.807) is 12.1 Å². The van der Waals surface area contributed by atoms with Crippen molar-refractivity contribution in [2.24, 2.45) is 5.92 Å². The first kappa shape index (κ1) is 21.4. The maximum absolute atomic E-state index is 13.1. The molecule has 27 heavy (non-hydrogen) atoms. The van der Waals surface area contributed by atoms with Crippen molar-refractivity contribution in [3.63, 3.8) is 0 Å². The maximum atomic E-state index is 13.1. The van der Waals surface area contributed by atoms with Crippen LogP contribution in [0.25, 0.3) is 0 Å². The monoisotopic (exact) mass is 378 g/mol. The molecular formula is C21H34N2O4. The van der Waals surface area contributed by atoms with E-state index >= 15 is 0 Å². The molecule has 1 aromatic rings. The van der Waals surface area contributed by atoms with E-state index < -0.39 is 0 Å². The second-order valence-electron chi connectivity index (χ2n) is 6.64. The molecule has 6 heteroatoms.